The Bertz CT molecular complexity index is 661. The Morgan fingerprint density at radius 1 is 1.42 bits per heavy atom. The molecule has 3 rings (SSSR count). The predicted octanol–water partition coefficient (Wildman–Crippen LogP) is -1.05. The molecule has 11 nitrogen and oxygen atoms in total. The van der Waals surface area contributed by atoms with Gasteiger partial charge >= 0.3 is 16.4 Å². The second kappa shape index (κ2) is 7.86. The monoisotopic (exact) mass is 410 g/mol. The van der Waals surface area contributed by atoms with Crippen molar-refractivity contribution in [2.75, 3.05) is 25.4 Å². The Labute approximate surface area is 156 Å². The molecule has 2 unspecified atom stereocenters. The molecule has 0 spiro atoms. The summed E-state index contributed by atoms with van der Waals surface area (Å²) in [5, 5.41) is 3.88. The summed E-state index contributed by atoms with van der Waals surface area (Å²) < 4.78 is 34.8. The summed E-state index contributed by atoms with van der Waals surface area (Å²) in [5.74, 6) is 0.793. The summed E-state index contributed by atoms with van der Waals surface area (Å²) >= 11 is 4.26. The minimum absolute atomic E-state index is 0.134. The molecule has 0 radical (unpaired) electrons. The van der Waals surface area contributed by atoms with Crippen LogP contribution >= 0.6 is 12.6 Å². The van der Waals surface area contributed by atoms with E-state index >= 15 is 0 Å². The lowest BCUT2D eigenvalue weighted by molar-refractivity contribution is -0.139. The van der Waals surface area contributed by atoms with Gasteiger partial charge in [-0.2, -0.15) is 26.1 Å². The molecule has 3 fully saturated rings. The third kappa shape index (κ3) is 4.40. The number of amides is 3. The quantitative estimate of drug-likeness (QED) is 0.237. The molecule has 4 atom stereocenters. The Morgan fingerprint density at radius 2 is 2.19 bits per heavy atom. The number of thiol groups is 1. The minimum Gasteiger partial charge on any atom is -0.311 e. The molecule has 3 N–H and O–H groups in total. The zero-order valence-electron chi connectivity index (χ0n) is 13.9. The Morgan fingerprint density at radius 3 is 2.85 bits per heavy atom. The normalized spacial score (nSPS) is 31.5. The average molecular weight is 410 g/mol. The molecule has 26 heavy (non-hydrogen) atoms. The Hall–Kier alpha value is -1.12. The van der Waals surface area contributed by atoms with Gasteiger partial charge in [0.05, 0.1) is 12.6 Å². The molecule has 3 aliphatic heterocycles. The number of urea groups is 1. The van der Waals surface area contributed by atoms with Crippen LogP contribution in [-0.4, -0.2) is 78.4 Å². The van der Waals surface area contributed by atoms with Crippen molar-refractivity contribution >= 4 is 35.0 Å². The lowest BCUT2D eigenvalue weighted by Gasteiger charge is -2.29. The van der Waals surface area contributed by atoms with Gasteiger partial charge in [0.1, 0.15) is 6.04 Å². The lowest BCUT2D eigenvalue weighted by atomic mass is 10.0. The average Bonchev–Trinajstić information content (AvgIpc) is 3.13. The second-order valence-corrected chi connectivity index (χ2v) is 8.05. The van der Waals surface area contributed by atoms with Crippen molar-refractivity contribution in [1.29, 1.82) is 0 Å². The summed E-state index contributed by atoms with van der Waals surface area (Å²) in [6.07, 6.45) is 1.61. The summed E-state index contributed by atoms with van der Waals surface area (Å²) in [6, 6.07) is -1.96. The maximum absolute atomic E-state index is 12.3. The number of hydroxylamine groups is 3. The number of carbonyl (C=O) groups excluding carboxylic acids is 2. The van der Waals surface area contributed by atoms with E-state index < -0.39 is 34.4 Å². The minimum atomic E-state index is -4.81. The van der Waals surface area contributed by atoms with Crippen molar-refractivity contribution in [3.63, 3.8) is 0 Å². The van der Waals surface area contributed by atoms with E-state index in [-0.39, 0.29) is 12.6 Å². The highest BCUT2D eigenvalue weighted by molar-refractivity contribution is 7.80. The van der Waals surface area contributed by atoms with Crippen molar-refractivity contribution < 1.29 is 31.7 Å². The van der Waals surface area contributed by atoms with E-state index in [9.17, 15) is 18.0 Å². The van der Waals surface area contributed by atoms with E-state index in [0.29, 0.717) is 30.4 Å². The fourth-order valence-corrected chi connectivity index (χ4v) is 4.22. The molecule has 2 bridgehead atoms. The summed E-state index contributed by atoms with van der Waals surface area (Å²) in [6.45, 7) is 1.30. The van der Waals surface area contributed by atoms with Crippen molar-refractivity contribution in [3.8, 4) is 0 Å². The molecule has 0 saturated carbocycles. The highest BCUT2D eigenvalue weighted by Gasteiger charge is 2.49. The van der Waals surface area contributed by atoms with Crippen molar-refractivity contribution in [2.24, 2.45) is 5.92 Å². The molecule has 148 valence electrons. The Balaban J connectivity index is 1.49. The van der Waals surface area contributed by atoms with E-state index in [0.717, 1.165) is 18.7 Å². The third-order valence-electron chi connectivity index (χ3n) is 4.83. The van der Waals surface area contributed by atoms with Gasteiger partial charge in [-0.15, -0.1) is 4.28 Å². The van der Waals surface area contributed by atoms with Gasteiger partial charge in [-0.05, 0) is 37.5 Å². The maximum Gasteiger partial charge on any atom is 0.418 e. The molecule has 0 aromatic rings. The van der Waals surface area contributed by atoms with Gasteiger partial charge in [0.25, 0.3) is 5.91 Å². The number of nitrogens with one attached hydrogen (secondary N) is 2. The first-order valence-corrected chi connectivity index (χ1v) is 10.3. The summed E-state index contributed by atoms with van der Waals surface area (Å²) in [7, 11) is -4.81. The van der Waals surface area contributed by atoms with Crippen LogP contribution in [-0.2, 0) is 24.3 Å². The molecule has 0 aromatic carbocycles. The predicted molar refractivity (Wildman–Crippen MR) is 91.2 cm³/mol. The molecule has 0 aromatic heterocycles. The van der Waals surface area contributed by atoms with Crippen LogP contribution in [0.3, 0.4) is 0 Å². The van der Waals surface area contributed by atoms with Crippen LogP contribution in [0.15, 0.2) is 0 Å². The van der Waals surface area contributed by atoms with Crippen LogP contribution < -0.4 is 10.8 Å². The fraction of sp³-hybridized carbons (Fsp3) is 0.846. The van der Waals surface area contributed by atoms with Crippen LogP contribution in [0.1, 0.15) is 19.3 Å². The number of hydrogen-bond acceptors (Lipinski definition) is 8. The molecule has 13 heteroatoms. The topological polar surface area (TPSA) is 138 Å². The largest absolute Gasteiger partial charge is 0.418 e. The van der Waals surface area contributed by atoms with Crippen LogP contribution in [0.5, 0.6) is 0 Å². The zero-order chi connectivity index (χ0) is 18.9. The number of rotatable bonds is 7. The summed E-state index contributed by atoms with van der Waals surface area (Å²) in [5.41, 5.74) is 2.36. The number of piperidine rings is 1. The third-order valence-corrected chi connectivity index (χ3v) is 5.69. The fourth-order valence-electron chi connectivity index (χ4n) is 3.55. The van der Waals surface area contributed by atoms with Gasteiger partial charge in [-0.25, -0.2) is 10.3 Å². The van der Waals surface area contributed by atoms with Crippen LogP contribution in [0.4, 0.5) is 4.79 Å². The van der Waals surface area contributed by atoms with Gasteiger partial charge in [-0.3, -0.25) is 14.2 Å². The first kappa shape index (κ1) is 19.6. The number of hydrogen-bond donors (Lipinski definition) is 4. The molecular weight excluding hydrogens is 388 g/mol. The lowest BCUT2D eigenvalue weighted by Crippen LogP contribution is -2.50. The van der Waals surface area contributed by atoms with Crippen LogP contribution in [0.2, 0.25) is 0 Å². The van der Waals surface area contributed by atoms with Crippen molar-refractivity contribution in [3.05, 3.63) is 0 Å². The van der Waals surface area contributed by atoms with Crippen molar-refractivity contribution in [2.45, 2.75) is 37.4 Å². The van der Waals surface area contributed by atoms with Gasteiger partial charge in [0.2, 0.25) is 0 Å². The SMILES string of the molecule is O=C(NOC[C@@H]1C[C@H](CS)CN1)C1CCC2CN1C(=O)N2OS(=O)(=O)O. The highest BCUT2D eigenvalue weighted by atomic mass is 32.3. The van der Waals surface area contributed by atoms with E-state index in [1.165, 1.54) is 4.90 Å². The number of nitrogens with zero attached hydrogens (tertiary/aromatic N) is 2. The smallest absolute Gasteiger partial charge is 0.311 e. The molecule has 3 heterocycles. The zero-order valence-corrected chi connectivity index (χ0v) is 15.6. The molecule has 3 amide bonds. The van der Waals surface area contributed by atoms with Crippen LogP contribution in [0.25, 0.3) is 0 Å². The van der Waals surface area contributed by atoms with E-state index in [4.69, 9.17) is 9.39 Å². The van der Waals surface area contributed by atoms with Gasteiger partial charge in [0, 0.05) is 12.6 Å². The van der Waals surface area contributed by atoms with Gasteiger partial charge in [-0.1, -0.05) is 0 Å². The molecule has 3 aliphatic rings. The Kier molecular flexibility index (Phi) is 5.94. The number of fused-ring (bicyclic) bond motifs is 2. The van der Waals surface area contributed by atoms with E-state index in [1.54, 1.807) is 0 Å². The molecule has 3 saturated heterocycles. The van der Waals surface area contributed by atoms with Gasteiger partial charge < -0.3 is 10.2 Å². The first-order valence-electron chi connectivity index (χ1n) is 8.31. The van der Waals surface area contributed by atoms with Gasteiger partial charge in [0.15, 0.2) is 0 Å². The van der Waals surface area contributed by atoms with E-state index in [2.05, 4.69) is 27.7 Å². The number of carbonyl (C=O) groups is 2. The molecular formula is C13H22N4O7S2. The van der Waals surface area contributed by atoms with Crippen molar-refractivity contribution in [1.82, 2.24) is 20.8 Å². The molecule has 0 aliphatic carbocycles. The standard InChI is InChI=1S/C13H22N4O7S2/c18-12(15-23-6-9-3-8(7-25)4-14-9)11-2-1-10-5-16(11)13(19)17(10)24-26(20,21)22/h8-11,14,25H,1-7H2,(H,15,18)(H,20,21,22)/t8-,9-,10?,11?/m0/s1. The van der Waals surface area contributed by atoms with Crippen LogP contribution in [0, 0.1) is 5.92 Å². The first-order chi connectivity index (χ1) is 12.3. The highest BCUT2D eigenvalue weighted by Crippen LogP contribution is 2.30. The summed E-state index contributed by atoms with van der Waals surface area (Å²) in [4.78, 5) is 31.1. The van der Waals surface area contributed by atoms with E-state index in [1.807, 2.05) is 0 Å². The maximum atomic E-state index is 12.3. The second-order valence-electron chi connectivity index (χ2n) is 6.68.